The van der Waals surface area contributed by atoms with E-state index in [0.717, 1.165) is 5.56 Å². The topological polar surface area (TPSA) is 38.8 Å². The summed E-state index contributed by atoms with van der Waals surface area (Å²) in [5.74, 6) is 0.646. The number of thioether (sulfide) groups is 1. The summed E-state index contributed by atoms with van der Waals surface area (Å²) in [6.07, 6.45) is -4.75. The van der Waals surface area contributed by atoms with Crippen LogP contribution in [0.1, 0.15) is 16.5 Å². The molecule has 1 saturated heterocycles. The van der Waals surface area contributed by atoms with Crippen LogP contribution in [0.25, 0.3) is 0 Å². The molecule has 1 amide bonds. The fraction of sp³-hybridized carbons (Fsp3) is 0.278. The van der Waals surface area contributed by atoms with Gasteiger partial charge in [-0.25, -0.2) is 0 Å². The first kappa shape index (κ1) is 18.4. The zero-order valence-electron chi connectivity index (χ0n) is 13.8. The number of ether oxygens (including phenoxy) is 2. The van der Waals surface area contributed by atoms with Gasteiger partial charge >= 0.3 is 6.36 Å². The number of hydrogen-bond acceptors (Lipinski definition) is 4. The van der Waals surface area contributed by atoms with Crippen molar-refractivity contribution in [1.82, 2.24) is 4.90 Å². The number of rotatable bonds is 5. The molecule has 1 unspecified atom stereocenters. The Morgan fingerprint density at radius 1 is 1.15 bits per heavy atom. The number of carbonyl (C=O) groups excluding carboxylic acids is 1. The molecular weight excluding hydrogens is 367 g/mol. The van der Waals surface area contributed by atoms with Gasteiger partial charge in [-0.05, 0) is 35.4 Å². The molecule has 0 bridgehead atoms. The summed E-state index contributed by atoms with van der Waals surface area (Å²) in [5.41, 5.74) is 1.51. The smallest absolute Gasteiger partial charge is 0.497 e. The van der Waals surface area contributed by atoms with Crippen molar-refractivity contribution in [1.29, 1.82) is 0 Å². The second-order valence-corrected chi connectivity index (χ2v) is 6.72. The van der Waals surface area contributed by atoms with E-state index in [2.05, 4.69) is 4.74 Å². The number of alkyl halides is 3. The summed E-state index contributed by atoms with van der Waals surface area (Å²) in [5, 5.41) is -0.360. The lowest BCUT2D eigenvalue weighted by Gasteiger charge is -2.25. The first-order chi connectivity index (χ1) is 12.4. The summed E-state index contributed by atoms with van der Waals surface area (Å²) in [4.78, 5) is 13.9. The minimum Gasteiger partial charge on any atom is -0.497 e. The molecule has 3 rings (SSSR count). The van der Waals surface area contributed by atoms with Crippen LogP contribution in [0.2, 0.25) is 0 Å². The monoisotopic (exact) mass is 383 g/mol. The number of nitrogens with zero attached hydrogens (tertiary/aromatic N) is 1. The largest absolute Gasteiger partial charge is 0.573 e. The van der Waals surface area contributed by atoms with E-state index in [1.54, 1.807) is 30.2 Å². The van der Waals surface area contributed by atoms with Crippen molar-refractivity contribution in [2.75, 3.05) is 12.9 Å². The van der Waals surface area contributed by atoms with E-state index in [1.165, 1.54) is 30.0 Å². The lowest BCUT2D eigenvalue weighted by molar-refractivity contribution is -0.274. The Balaban J connectivity index is 1.79. The van der Waals surface area contributed by atoms with Crippen molar-refractivity contribution in [2.24, 2.45) is 0 Å². The fourth-order valence-electron chi connectivity index (χ4n) is 2.69. The van der Waals surface area contributed by atoms with Crippen LogP contribution in [0.5, 0.6) is 11.5 Å². The predicted molar refractivity (Wildman–Crippen MR) is 91.9 cm³/mol. The Kier molecular flexibility index (Phi) is 5.31. The molecule has 0 saturated carbocycles. The van der Waals surface area contributed by atoms with Crippen molar-refractivity contribution in [3.8, 4) is 11.5 Å². The molecule has 138 valence electrons. The van der Waals surface area contributed by atoms with Crippen molar-refractivity contribution >= 4 is 17.7 Å². The van der Waals surface area contributed by atoms with E-state index in [4.69, 9.17) is 4.74 Å². The van der Waals surface area contributed by atoms with Crippen LogP contribution in [0.4, 0.5) is 13.2 Å². The Labute approximate surface area is 152 Å². The molecule has 0 spiro atoms. The second kappa shape index (κ2) is 7.49. The molecule has 1 heterocycles. The van der Waals surface area contributed by atoms with Crippen molar-refractivity contribution in [2.45, 2.75) is 18.3 Å². The van der Waals surface area contributed by atoms with Gasteiger partial charge in [0.15, 0.2) is 0 Å². The van der Waals surface area contributed by atoms with Crippen LogP contribution in [-0.2, 0) is 11.3 Å². The molecule has 0 aliphatic carbocycles. The van der Waals surface area contributed by atoms with Gasteiger partial charge in [-0.3, -0.25) is 4.79 Å². The zero-order chi connectivity index (χ0) is 18.7. The highest BCUT2D eigenvalue weighted by molar-refractivity contribution is 8.00. The van der Waals surface area contributed by atoms with E-state index in [0.29, 0.717) is 17.9 Å². The van der Waals surface area contributed by atoms with E-state index < -0.39 is 6.36 Å². The van der Waals surface area contributed by atoms with Crippen LogP contribution in [-0.4, -0.2) is 30.0 Å². The SMILES string of the molecule is COc1ccc(CN2C(=O)CSC2c2cccc(OC(F)(F)F)c2)cc1. The molecule has 0 N–H and O–H groups in total. The Hall–Kier alpha value is -2.35. The van der Waals surface area contributed by atoms with Gasteiger partial charge in [0, 0.05) is 6.54 Å². The molecule has 2 aromatic carbocycles. The molecule has 0 aromatic heterocycles. The highest BCUT2D eigenvalue weighted by Gasteiger charge is 2.34. The minimum atomic E-state index is -4.75. The normalized spacial score (nSPS) is 17.5. The Morgan fingerprint density at radius 2 is 1.88 bits per heavy atom. The van der Waals surface area contributed by atoms with Crippen LogP contribution in [0.3, 0.4) is 0 Å². The Bertz CT molecular complexity index is 780. The highest BCUT2D eigenvalue weighted by atomic mass is 32.2. The quantitative estimate of drug-likeness (QED) is 0.769. The molecule has 0 radical (unpaired) electrons. The maximum Gasteiger partial charge on any atom is 0.573 e. The van der Waals surface area contributed by atoms with Gasteiger partial charge < -0.3 is 14.4 Å². The van der Waals surface area contributed by atoms with Crippen molar-refractivity contribution in [3.05, 3.63) is 59.7 Å². The third kappa shape index (κ3) is 4.43. The third-order valence-corrected chi connectivity index (χ3v) is 5.11. The maximum absolute atomic E-state index is 12.4. The van der Waals surface area contributed by atoms with Gasteiger partial charge in [-0.2, -0.15) is 0 Å². The van der Waals surface area contributed by atoms with Crippen LogP contribution in [0, 0.1) is 0 Å². The van der Waals surface area contributed by atoms with Crippen LogP contribution < -0.4 is 9.47 Å². The number of methoxy groups -OCH3 is 1. The van der Waals surface area contributed by atoms with E-state index in [1.807, 2.05) is 12.1 Å². The summed E-state index contributed by atoms with van der Waals surface area (Å²) in [7, 11) is 1.57. The van der Waals surface area contributed by atoms with E-state index in [9.17, 15) is 18.0 Å². The predicted octanol–water partition coefficient (Wildman–Crippen LogP) is 4.37. The van der Waals surface area contributed by atoms with Crippen LogP contribution >= 0.6 is 11.8 Å². The zero-order valence-corrected chi connectivity index (χ0v) is 14.6. The number of benzene rings is 2. The lowest BCUT2D eigenvalue weighted by atomic mass is 10.1. The number of hydrogen-bond donors (Lipinski definition) is 0. The Morgan fingerprint density at radius 3 is 2.54 bits per heavy atom. The molecular formula is C18H16F3NO3S. The third-order valence-electron chi connectivity index (χ3n) is 3.86. The van der Waals surface area contributed by atoms with Gasteiger partial charge in [0.25, 0.3) is 0 Å². The van der Waals surface area contributed by atoms with Gasteiger partial charge in [0.05, 0.1) is 12.9 Å². The van der Waals surface area contributed by atoms with Gasteiger partial charge in [0.2, 0.25) is 5.91 Å². The fourth-order valence-corrected chi connectivity index (χ4v) is 3.87. The first-order valence-electron chi connectivity index (χ1n) is 7.75. The molecule has 1 fully saturated rings. The highest BCUT2D eigenvalue weighted by Crippen LogP contribution is 2.41. The molecule has 4 nitrogen and oxygen atoms in total. The standard InChI is InChI=1S/C18H16F3NO3S/c1-24-14-7-5-12(6-8-14)10-22-16(23)11-26-17(22)13-3-2-4-15(9-13)25-18(19,20)21/h2-9,17H,10-11H2,1H3. The average molecular weight is 383 g/mol. The molecule has 2 aromatic rings. The average Bonchev–Trinajstić information content (AvgIpc) is 2.95. The van der Waals surface area contributed by atoms with Gasteiger partial charge in [-0.15, -0.1) is 24.9 Å². The molecule has 1 aliphatic rings. The van der Waals surface area contributed by atoms with Gasteiger partial charge in [-0.1, -0.05) is 24.3 Å². The number of amides is 1. The molecule has 26 heavy (non-hydrogen) atoms. The minimum absolute atomic E-state index is 0.0574. The van der Waals surface area contributed by atoms with E-state index >= 15 is 0 Å². The second-order valence-electron chi connectivity index (χ2n) is 5.65. The summed E-state index contributed by atoms with van der Waals surface area (Å²) < 4.78 is 46.4. The number of carbonyl (C=O) groups is 1. The molecule has 1 aliphatic heterocycles. The molecule has 1 atom stereocenters. The van der Waals surface area contributed by atoms with Crippen molar-refractivity contribution in [3.63, 3.8) is 0 Å². The molecule has 8 heteroatoms. The first-order valence-corrected chi connectivity index (χ1v) is 8.80. The van der Waals surface area contributed by atoms with E-state index in [-0.39, 0.29) is 22.8 Å². The summed E-state index contributed by atoms with van der Waals surface area (Å²) >= 11 is 1.38. The van der Waals surface area contributed by atoms with Crippen LogP contribution in [0.15, 0.2) is 48.5 Å². The summed E-state index contributed by atoms with van der Waals surface area (Å²) in [6.45, 7) is 0.366. The maximum atomic E-state index is 12.4. The number of halogens is 3. The van der Waals surface area contributed by atoms with Gasteiger partial charge in [0.1, 0.15) is 16.9 Å². The van der Waals surface area contributed by atoms with Crippen molar-refractivity contribution < 1.29 is 27.4 Å². The lowest BCUT2D eigenvalue weighted by Crippen LogP contribution is -2.27. The summed E-state index contributed by atoms with van der Waals surface area (Å²) in [6, 6.07) is 13.1.